The van der Waals surface area contributed by atoms with Crippen LogP contribution in [0.4, 0.5) is 24.0 Å². The van der Waals surface area contributed by atoms with E-state index < -0.39 is 23.3 Å². The summed E-state index contributed by atoms with van der Waals surface area (Å²) in [6.45, 7) is 2.90. The van der Waals surface area contributed by atoms with Gasteiger partial charge in [-0.2, -0.15) is 9.97 Å². The number of thiophene rings is 1. The Morgan fingerprint density at radius 1 is 1.20 bits per heavy atom. The molecule has 2 atom stereocenters. The summed E-state index contributed by atoms with van der Waals surface area (Å²) in [6, 6.07) is 0.0152. The molecule has 1 aromatic carbocycles. The second-order valence-corrected chi connectivity index (χ2v) is 13.3. The van der Waals surface area contributed by atoms with Crippen molar-refractivity contribution in [2.45, 2.75) is 50.3 Å². The lowest BCUT2D eigenvalue weighted by Crippen LogP contribution is -2.52. The molecule has 0 spiro atoms. The lowest BCUT2D eigenvalue weighted by Gasteiger charge is -2.39. The molecule has 7 heterocycles. The van der Waals surface area contributed by atoms with Crippen LogP contribution < -0.4 is 15.4 Å². The predicted octanol–water partition coefficient (Wildman–Crippen LogP) is 4.64. The highest BCUT2D eigenvalue weighted by molar-refractivity contribution is 7.23. The number of halogens is 3. The number of ether oxygens (including phenoxy) is 3. The number of hydrogen-bond donors (Lipinski definition) is 1. The van der Waals surface area contributed by atoms with E-state index in [4.69, 9.17) is 24.9 Å². The molecule has 3 fully saturated rings. The second-order valence-electron chi connectivity index (χ2n) is 12.2. The summed E-state index contributed by atoms with van der Waals surface area (Å²) in [7, 11) is 3.24. The fourth-order valence-corrected chi connectivity index (χ4v) is 8.44. The zero-order valence-electron chi connectivity index (χ0n) is 24.9. The highest BCUT2D eigenvalue weighted by Gasteiger charge is 2.49. The summed E-state index contributed by atoms with van der Waals surface area (Å²) in [5.74, 6) is -0.660. The number of pyridine rings is 1. The lowest BCUT2D eigenvalue weighted by atomic mass is 9.93. The average Bonchev–Trinajstić information content (AvgIpc) is 3.76. The van der Waals surface area contributed by atoms with E-state index in [-0.39, 0.29) is 53.4 Å². The maximum atomic E-state index is 17.2. The molecule has 0 unspecified atom stereocenters. The van der Waals surface area contributed by atoms with Crippen LogP contribution in [0.1, 0.15) is 36.0 Å². The number of aliphatic imine (C=N–C) groups is 1. The first-order valence-electron chi connectivity index (χ1n) is 15.0. The zero-order chi connectivity index (χ0) is 31.0. The van der Waals surface area contributed by atoms with E-state index in [0.29, 0.717) is 58.8 Å². The molecule has 3 saturated heterocycles. The van der Waals surface area contributed by atoms with Gasteiger partial charge in [-0.3, -0.25) is 14.9 Å². The molecule has 4 aliphatic heterocycles. The number of nitrogens with two attached hydrogens (primary N) is 1. The smallest absolute Gasteiger partial charge is 0.319 e. The number of hydrogen-bond acceptors (Lipinski definition) is 11. The van der Waals surface area contributed by atoms with E-state index in [1.165, 1.54) is 6.21 Å². The molecule has 4 aliphatic rings. The minimum Gasteiger partial charge on any atom is -0.461 e. The molecular formula is C31H32F3N7O3S. The van der Waals surface area contributed by atoms with Crippen molar-refractivity contribution in [3.63, 3.8) is 0 Å². The number of methoxy groups -OCH3 is 1. The van der Waals surface area contributed by atoms with E-state index in [1.807, 2.05) is 4.90 Å². The highest BCUT2D eigenvalue weighted by atomic mass is 32.1. The van der Waals surface area contributed by atoms with Crippen LogP contribution in [0.3, 0.4) is 0 Å². The van der Waals surface area contributed by atoms with Crippen molar-refractivity contribution in [3.05, 3.63) is 34.5 Å². The van der Waals surface area contributed by atoms with Crippen LogP contribution in [0, 0.1) is 11.6 Å². The summed E-state index contributed by atoms with van der Waals surface area (Å²) in [6.07, 6.45) is 3.89. The van der Waals surface area contributed by atoms with Gasteiger partial charge >= 0.3 is 6.01 Å². The first-order chi connectivity index (χ1) is 21.8. The van der Waals surface area contributed by atoms with Gasteiger partial charge in [-0.1, -0.05) is 0 Å². The third kappa shape index (κ3) is 4.40. The van der Waals surface area contributed by atoms with Gasteiger partial charge < -0.3 is 24.8 Å². The summed E-state index contributed by atoms with van der Waals surface area (Å²) in [5, 5.41) is 1.27. The normalized spacial score (nSPS) is 23.5. The molecule has 236 valence electrons. The van der Waals surface area contributed by atoms with Gasteiger partial charge in [0.15, 0.2) is 11.6 Å². The number of nitrogens with zero attached hydrogens (tertiary/aromatic N) is 6. The minimum atomic E-state index is -0.912. The van der Waals surface area contributed by atoms with Gasteiger partial charge in [-0.15, -0.1) is 11.3 Å². The van der Waals surface area contributed by atoms with Crippen LogP contribution in [0.2, 0.25) is 0 Å². The topological polar surface area (TPSA) is 111 Å². The number of anilines is 2. The molecule has 0 bridgehead atoms. The number of alkyl halides is 1. The maximum Gasteiger partial charge on any atom is 0.319 e. The fourth-order valence-electron chi connectivity index (χ4n) is 7.50. The predicted molar refractivity (Wildman–Crippen MR) is 166 cm³/mol. The summed E-state index contributed by atoms with van der Waals surface area (Å²) in [4.78, 5) is 22.1. The van der Waals surface area contributed by atoms with Gasteiger partial charge in [0, 0.05) is 62.9 Å². The van der Waals surface area contributed by atoms with Crippen LogP contribution in [0.25, 0.3) is 32.2 Å². The Hall–Kier alpha value is -3.59. The number of benzene rings is 1. The Balaban J connectivity index is 1.33. The molecular weight excluding hydrogens is 607 g/mol. The molecule has 10 nitrogen and oxygen atoms in total. The van der Waals surface area contributed by atoms with Crippen molar-refractivity contribution in [3.8, 4) is 17.3 Å². The van der Waals surface area contributed by atoms with E-state index in [1.54, 1.807) is 14.2 Å². The first kappa shape index (κ1) is 28.9. The summed E-state index contributed by atoms with van der Waals surface area (Å²) >= 11 is 1.07. The van der Waals surface area contributed by atoms with Gasteiger partial charge in [0.05, 0.1) is 51.8 Å². The van der Waals surface area contributed by atoms with Gasteiger partial charge in [0.25, 0.3) is 0 Å². The van der Waals surface area contributed by atoms with Gasteiger partial charge in [0.2, 0.25) is 0 Å². The number of aromatic nitrogens is 3. The van der Waals surface area contributed by atoms with E-state index in [9.17, 15) is 4.39 Å². The highest BCUT2D eigenvalue weighted by Crippen LogP contribution is 2.47. The number of fused-ring (bicyclic) bond motifs is 5. The largest absolute Gasteiger partial charge is 0.461 e. The summed E-state index contributed by atoms with van der Waals surface area (Å²) < 4.78 is 64.6. The van der Waals surface area contributed by atoms with Crippen LogP contribution in [0.5, 0.6) is 6.01 Å². The van der Waals surface area contributed by atoms with E-state index >= 15 is 8.78 Å². The Morgan fingerprint density at radius 2 is 2.02 bits per heavy atom. The summed E-state index contributed by atoms with van der Waals surface area (Å²) in [5.41, 5.74) is 8.15. The molecule has 2 N–H and O–H groups in total. The first-order valence-corrected chi connectivity index (χ1v) is 15.8. The van der Waals surface area contributed by atoms with Crippen molar-refractivity contribution in [2.24, 2.45) is 4.99 Å². The standard InChI is InChI=1S/C31H32F3N7O3S/c1-36-7-17-22-25(37-8-20(33)27(22)45-28(17)35)21-18-12-43-13-19(18)23-26(24(21)34)38-30(39-29(23)40-10-16(11-40)42-2)44-14-31-4-3-5-41(31)9-15(32)6-31/h7-8,15-16H,3-6,9-14,35H2,1-2H3/t15-,31+/m1/s1. The lowest BCUT2D eigenvalue weighted by molar-refractivity contribution is 0.0781. The Bertz CT molecular complexity index is 1880. The van der Waals surface area contributed by atoms with Crippen molar-refractivity contribution < 1.29 is 27.4 Å². The quantitative estimate of drug-likeness (QED) is 0.289. The maximum absolute atomic E-state index is 17.2. The zero-order valence-corrected chi connectivity index (χ0v) is 25.7. The van der Waals surface area contributed by atoms with Crippen LogP contribution in [0.15, 0.2) is 11.2 Å². The van der Waals surface area contributed by atoms with Crippen molar-refractivity contribution in [2.75, 3.05) is 57.6 Å². The molecule has 4 aromatic rings. The molecule has 45 heavy (non-hydrogen) atoms. The third-order valence-electron chi connectivity index (χ3n) is 9.70. The number of nitrogen functional groups attached to an aromatic ring is 1. The molecule has 3 aromatic heterocycles. The monoisotopic (exact) mass is 639 g/mol. The average molecular weight is 640 g/mol. The SMILES string of the molecule is CN=Cc1c(N)sc2c(F)cnc(-c3c4c(c5c(N6CC(OC)C6)nc(OC[C@@]67CCCN6C[C@H](F)C7)nc5c3F)COC4)c12. The van der Waals surface area contributed by atoms with Gasteiger partial charge in [0.1, 0.15) is 24.1 Å². The Morgan fingerprint density at radius 3 is 2.82 bits per heavy atom. The second kappa shape index (κ2) is 10.7. The molecule has 14 heteroatoms. The molecule has 0 saturated carbocycles. The minimum absolute atomic E-state index is 0.0121. The van der Waals surface area contributed by atoms with Crippen LogP contribution in [-0.4, -0.2) is 90.8 Å². The van der Waals surface area contributed by atoms with Gasteiger partial charge in [-0.05, 0) is 30.5 Å². The van der Waals surface area contributed by atoms with E-state index in [0.717, 1.165) is 42.5 Å². The van der Waals surface area contributed by atoms with E-state index in [2.05, 4.69) is 19.9 Å². The van der Waals surface area contributed by atoms with Crippen molar-refractivity contribution in [1.82, 2.24) is 19.9 Å². The van der Waals surface area contributed by atoms with Crippen LogP contribution >= 0.6 is 11.3 Å². The van der Waals surface area contributed by atoms with Crippen molar-refractivity contribution in [1.29, 1.82) is 0 Å². The Labute approximate surface area is 261 Å². The molecule has 0 aliphatic carbocycles. The number of rotatable bonds is 7. The van der Waals surface area contributed by atoms with Crippen molar-refractivity contribution >= 4 is 49.4 Å². The van der Waals surface area contributed by atoms with Gasteiger partial charge in [-0.25, -0.2) is 13.2 Å². The Kier molecular flexibility index (Phi) is 6.89. The molecule has 0 amide bonds. The fraction of sp³-hybridized carbons (Fsp3) is 0.484. The third-order valence-corrected chi connectivity index (χ3v) is 10.7. The molecule has 8 rings (SSSR count). The van der Waals surface area contributed by atoms with Crippen LogP contribution in [-0.2, 0) is 22.7 Å². The molecule has 0 radical (unpaired) electrons.